The summed E-state index contributed by atoms with van der Waals surface area (Å²) in [5, 5.41) is 2.86. The Balaban J connectivity index is 1.48. The van der Waals surface area contributed by atoms with E-state index in [0.717, 1.165) is 32.7 Å². The lowest BCUT2D eigenvalue weighted by atomic mass is 10.1. The minimum Gasteiger partial charge on any atom is -0.465 e. The van der Waals surface area contributed by atoms with E-state index in [1.54, 1.807) is 29.2 Å². The average Bonchev–Trinajstić information content (AvgIpc) is 2.69. The highest BCUT2D eigenvalue weighted by molar-refractivity contribution is 6.01. The van der Waals surface area contributed by atoms with Crippen molar-refractivity contribution in [3.63, 3.8) is 0 Å². The first-order chi connectivity index (χ1) is 13.5. The van der Waals surface area contributed by atoms with E-state index in [0.29, 0.717) is 17.8 Å². The zero-order valence-corrected chi connectivity index (χ0v) is 16.6. The highest BCUT2D eigenvalue weighted by Crippen LogP contribution is 2.15. The van der Waals surface area contributed by atoms with E-state index in [1.165, 1.54) is 23.1 Å². The summed E-state index contributed by atoms with van der Waals surface area (Å²) in [7, 11) is 1.34. The summed E-state index contributed by atoms with van der Waals surface area (Å²) in [5.74, 6) is -0.523. The van der Waals surface area contributed by atoms with E-state index in [4.69, 9.17) is 4.74 Å². The van der Waals surface area contributed by atoms with Crippen LogP contribution in [0.15, 0.2) is 48.5 Å². The first-order valence-electron chi connectivity index (χ1n) is 9.75. The van der Waals surface area contributed by atoms with Gasteiger partial charge >= 0.3 is 5.97 Å². The molecule has 28 heavy (non-hydrogen) atoms. The van der Waals surface area contributed by atoms with Crippen LogP contribution in [-0.2, 0) is 16.1 Å². The molecule has 1 fully saturated rings. The van der Waals surface area contributed by atoms with Crippen LogP contribution in [0.1, 0.15) is 21.5 Å². The highest BCUT2D eigenvalue weighted by atomic mass is 16.5. The van der Waals surface area contributed by atoms with Crippen molar-refractivity contribution in [2.24, 2.45) is 0 Å². The molecule has 1 aliphatic heterocycles. The Morgan fingerprint density at radius 1 is 1.00 bits per heavy atom. The fraction of sp³-hybridized carbons (Fsp3) is 0.364. The molecule has 0 bridgehead atoms. The fourth-order valence-corrected chi connectivity index (χ4v) is 3.72. The fourth-order valence-electron chi connectivity index (χ4n) is 3.72. The number of nitrogens with one attached hydrogen (secondary N) is 3. The monoisotopic (exact) mass is 383 g/mol. The molecule has 1 saturated heterocycles. The lowest BCUT2D eigenvalue weighted by molar-refractivity contribution is -1.02. The van der Waals surface area contributed by atoms with Crippen LogP contribution < -0.4 is 15.1 Å². The van der Waals surface area contributed by atoms with Gasteiger partial charge < -0.3 is 19.9 Å². The van der Waals surface area contributed by atoms with Gasteiger partial charge in [-0.15, -0.1) is 0 Å². The third kappa shape index (κ3) is 5.41. The maximum atomic E-state index is 12.5. The molecule has 6 heteroatoms. The second-order valence-electron chi connectivity index (χ2n) is 7.43. The van der Waals surface area contributed by atoms with Crippen molar-refractivity contribution < 1.29 is 24.1 Å². The number of rotatable bonds is 6. The van der Waals surface area contributed by atoms with Gasteiger partial charge in [0, 0.05) is 5.56 Å². The van der Waals surface area contributed by atoms with Crippen LogP contribution in [0.5, 0.6) is 0 Å². The third-order valence-corrected chi connectivity index (χ3v) is 5.22. The molecule has 0 aliphatic carbocycles. The van der Waals surface area contributed by atoms with Gasteiger partial charge in [-0.3, -0.25) is 4.79 Å². The van der Waals surface area contributed by atoms with Crippen molar-refractivity contribution >= 4 is 17.6 Å². The lowest BCUT2D eigenvalue weighted by Gasteiger charge is -2.29. The second kappa shape index (κ2) is 9.48. The molecule has 0 unspecified atom stereocenters. The van der Waals surface area contributed by atoms with Gasteiger partial charge in [-0.1, -0.05) is 42.0 Å². The van der Waals surface area contributed by atoms with Crippen LogP contribution in [0.4, 0.5) is 5.69 Å². The molecule has 0 radical (unpaired) electrons. The predicted molar refractivity (Wildman–Crippen MR) is 108 cm³/mol. The predicted octanol–water partition coefficient (Wildman–Crippen LogP) is -0.296. The number of methoxy groups -OCH3 is 1. The number of aryl methyl sites for hydroxylation is 1. The van der Waals surface area contributed by atoms with Gasteiger partial charge in [0.05, 0.1) is 18.4 Å². The maximum Gasteiger partial charge on any atom is 0.339 e. The summed E-state index contributed by atoms with van der Waals surface area (Å²) in [6.07, 6.45) is 0. The average molecular weight is 383 g/mol. The number of esters is 1. The second-order valence-corrected chi connectivity index (χ2v) is 7.43. The summed E-state index contributed by atoms with van der Waals surface area (Å²) < 4.78 is 4.78. The third-order valence-electron chi connectivity index (χ3n) is 5.22. The van der Waals surface area contributed by atoms with E-state index >= 15 is 0 Å². The molecule has 1 aliphatic rings. The number of hydrogen-bond donors (Lipinski definition) is 3. The molecule has 0 saturated carbocycles. The summed E-state index contributed by atoms with van der Waals surface area (Å²) in [6, 6.07) is 15.6. The van der Waals surface area contributed by atoms with Crippen molar-refractivity contribution in [2.45, 2.75) is 13.5 Å². The topological polar surface area (TPSA) is 64.3 Å². The number of para-hydroxylation sites is 1. The minimum absolute atomic E-state index is 0.0755. The highest BCUT2D eigenvalue weighted by Gasteiger charge is 2.25. The summed E-state index contributed by atoms with van der Waals surface area (Å²) in [5.41, 5.74) is 3.55. The molecule has 1 heterocycles. The molecule has 3 rings (SSSR count). The first-order valence-corrected chi connectivity index (χ1v) is 9.75. The summed E-state index contributed by atoms with van der Waals surface area (Å²) in [4.78, 5) is 27.1. The number of piperazine rings is 1. The standard InChI is InChI=1S/C22H27N3O3/c1-17-6-5-7-18(14-17)15-24-10-12-25(13-11-24)16-21(26)23-20-9-4-3-8-19(20)22(27)28-2/h3-9,14H,10-13,15-16H2,1-2H3,(H,23,26)/p+2. The normalized spacial score (nSPS) is 19.1. The molecule has 0 atom stereocenters. The molecule has 6 nitrogen and oxygen atoms in total. The molecule has 3 N–H and O–H groups in total. The van der Waals surface area contributed by atoms with Crippen molar-refractivity contribution in [3.05, 3.63) is 65.2 Å². The number of carbonyl (C=O) groups excluding carboxylic acids is 2. The Morgan fingerprint density at radius 2 is 1.71 bits per heavy atom. The molecular formula is C22H29N3O3+2. The lowest BCUT2D eigenvalue weighted by Crippen LogP contribution is -3.28. The Bertz CT molecular complexity index is 829. The van der Waals surface area contributed by atoms with Gasteiger partial charge in [0.25, 0.3) is 5.91 Å². The van der Waals surface area contributed by atoms with Crippen LogP contribution in [0.2, 0.25) is 0 Å². The number of anilines is 1. The van der Waals surface area contributed by atoms with Crippen molar-refractivity contribution in [1.29, 1.82) is 0 Å². The number of carbonyl (C=O) groups is 2. The smallest absolute Gasteiger partial charge is 0.339 e. The van der Waals surface area contributed by atoms with E-state index < -0.39 is 5.97 Å². The molecule has 2 aromatic rings. The SMILES string of the molecule is COC(=O)c1ccccc1NC(=O)C[NH+]1CC[NH+](Cc2cccc(C)c2)CC1. The first kappa shape index (κ1) is 20.0. The van der Waals surface area contributed by atoms with Gasteiger partial charge in [0.15, 0.2) is 6.54 Å². The van der Waals surface area contributed by atoms with Gasteiger partial charge in [-0.25, -0.2) is 4.79 Å². The summed E-state index contributed by atoms with van der Waals surface area (Å²) in [6.45, 7) is 7.60. The van der Waals surface area contributed by atoms with E-state index in [-0.39, 0.29) is 5.91 Å². The Labute approximate surface area is 166 Å². The van der Waals surface area contributed by atoms with Crippen LogP contribution in [0.3, 0.4) is 0 Å². The van der Waals surface area contributed by atoms with Crippen molar-refractivity contribution in [3.8, 4) is 0 Å². The van der Waals surface area contributed by atoms with E-state index in [1.807, 2.05) is 0 Å². The number of ether oxygens (including phenoxy) is 1. The molecule has 0 aromatic heterocycles. The van der Waals surface area contributed by atoms with Gasteiger partial charge in [-0.2, -0.15) is 0 Å². The quantitative estimate of drug-likeness (QED) is 0.601. The molecule has 148 valence electrons. The number of quaternary nitrogens is 2. The van der Waals surface area contributed by atoms with Gasteiger partial charge in [-0.05, 0) is 19.1 Å². The maximum absolute atomic E-state index is 12.5. The Hall–Kier alpha value is -2.70. The molecule has 2 aromatic carbocycles. The number of hydrogen-bond acceptors (Lipinski definition) is 3. The van der Waals surface area contributed by atoms with E-state index in [2.05, 4.69) is 36.5 Å². The number of amides is 1. The van der Waals surface area contributed by atoms with Crippen LogP contribution in [0, 0.1) is 6.92 Å². The summed E-state index contributed by atoms with van der Waals surface area (Å²) >= 11 is 0. The zero-order chi connectivity index (χ0) is 19.9. The van der Waals surface area contributed by atoms with Gasteiger partial charge in [0.1, 0.15) is 32.7 Å². The minimum atomic E-state index is -0.448. The molecular weight excluding hydrogens is 354 g/mol. The Morgan fingerprint density at radius 3 is 2.43 bits per heavy atom. The van der Waals surface area contributed by atoms with Crippen molar-refractivity contribution in [1.82, 2.24) is 0 Å². The number of benzene rings is 2. The van der Waals surface area contributed by atoms with E-state index in [9.17, 15) is 9.59 Å². The van der Waals surface area contributed by atoms with Crippen LogP contribution >= 0.6 is 0 Å². The Kier molecular flexibility index (Phi) is 6.79. The van der Waals surface area contributed by atoms with Crippen LogP contribution in [0.25, 0.3) is 0 Å². The zero-order valence-electron chi connectivity index (χ0n) is 16.6. The van der Waals surface area contributed by atoms with Gasteiger partial charge in [0.2, 0.25) is 0 Å². The van der Waals surface area contributed by atoms with Crippen LogP contribution in [-0.4, -0.2) is 51.7 Å². The van der Waals surface area contributed by atoms with Crippen molar-refractivity contribution in [2.75, 3.05) is 45.2 Å². The molecule has 1 amide bonds. The molecule has 0 spiro atoms. The largest absolute Gasteiger partial charge is 0.465 e.